The average molecular weight is 321 g/mol. The van der Waals surface area contributed by atoms with Crippen LogP contribution in [0.4, 0.5) is 0 Å². The van der Waals surface area contributed by atoms with E-state index in [2.05, 4.69) is 0 Å². The fourth-order valence-electron chi connectivity index (χ4n) is 2.11. The van der Waals surface area contributed by atoms with Crippen LogP contribution in [0.3, 0.4) is 0 Å². The Morgan fingerprint density at radius 1 is 1.50 bits per heavy atom. The Morgan fingerprint density at radius 3 is 2.85 bits per heavy atom. The number of nitrogens with two attached hydrogens (primary N) is 1. The summed E-state index contributed by atoms with van der Waals surface area (Å²) in [6, 6.07) is 4.04. The average Bonchev–Trinajstić information content (AvgIpc) is 2.46. The molecule has 0 bridgehead atoms. The second-order valence-electron chi connectivity index (χ2n) is 4.50. The fraction of sp³-hybridized carbons (Fsp3) is 0.500. The lowest BCUT2D eigenvalue weighted by atomic mass is 10.2. The number of aliphatic hydroxyl groups is 1. The highest BCUT2D eigenvalue weighted by Gasteiger charge is 2.34. The predicted octanol–water partition coefficient (Wildman–Crippen LogP) is 0.181. The summed E-state index contributed by atoms with van der Waals surface area (Å²) in [4.78, 5) is 0.0247. The molecule has 6 nitrogen and oxygen atoms in total. The third-order valence-corrected chi connectivity index (χ3v) is 5.64. The number of halogens is 1. The van der Waals surface area contributed by atoms with E-state index in [4.69, 9.17) is 22.1 Å². The van der Waals surface area contributed by atoms with E-state index in [0.29, 0.717) is 6.61 Å². The van der Waals surface area contributed by atoms with Gasteiger partial charge in [-0.2, -0.15) is 4.31 Å². The molecule has 1 heterocycles. The maximum atomic E-state index is 12.6. The smallest absolute Gasteiger partial charge is 0.245 e. The van der Waals surface area contributed by atoms with Gasteiger partial charge < -0.3 is 15.6 Å². The van der Waals surface area contributed by atoms with E-state index in [1.165, 1.54) is 10.4 Å². The van der Waals surface area contributed by atoms with Crippen LogP contribution in [0.2, 0.25) is 5.02 Å². The molecular formula is C12H17ClN2O4S. The lowest BCUT2D eigenvalue weighted by Crippen LogP contribution is -2.50. The summed E-state index contributed by atoms with van der Waals surface area (Å²) >= 11 is 6.05. The van der Waals surface area contributed by atoms with Gasteiger partial charge in [-0.15, -0.1) is 0 Å². The largest absolute Gasteiger partial charge is 0.395 e. The molecule has 1 aliphatic heterocycles. The van der Waals surface area contributed by atoms with Gasteiger partial charge >= 0.3 is 0 Å². The molecular weight excluding hydrogens is 304 g/mol. The monoisotopic (exact) mass is 320 g/mol. The summed E-state index contributed by atoms with van der Waals surface area (Å²) in [5.41, 5.74) is 6.26. The van der Waals surface area contributed by atoms with Crippen LogP contribution in [0.25, 0.3) is 0 Å². The van der Waals surface area contributed by atoms with Crippen LogP contribution in [0.15, 0.2) is 23.1 Å². The van der Waals surface area contributed by atoms with Gasteiger partial charge in [-0.3, -0.25) is 0 Å². The second kappa shape index (κ2) is 6.38. The Morgan fingerprint density at radius 2 is 2.25 bits per heavy atom. The Kier molecular flexibility index (Phi) is 5.00. The third kappa shape index (κ3) is 2.98. The lowest BCUT2D eigenvalue weighted by Gasteiger charge is -2.33. The summed E-state index contributed by atoms with van der Waals surface area (Å²) in [7, 11) is -3.76. The SMILES string of the molecule is NCc1ccc(S(=O)(=O)N2CCOCC2CO)c(Cl)c1. The maximum absolute atomic E-state index is 12.6. The number of sulfonamides is 1. The number of hydrogen-bond donors (Lipinski definition) is 2. The van der Waals surface area contributed by atoms with Crippen LogP contribution in [0.5, 0.6) is 0 Å². The zero-order valence-electron chi connectivity index (χ0n) is 10.8. The highest BCUT2D eigenvalue weighted by atomic mass is 35.5. The third-order valence-electron chi connectivity index (χ3n) is 3.20. The zero-order valence-corrected chi connectivity index (χ0v) is 12.4. The van der Waals surface area contributed by atoms with Crippen molar-refractivity contribution in [1.29, 1.82) is 0 Å². The summed E-state index contributed by atoms with van der Waals surface area (Å²) in [5, 5.41) is 9.42. The number of rotatable bonds is 4. The second-order valence-corrected chi connectivity index (χ2v) is 6.76. The first-order valence-electron chi connectivity index (χ1n) is 6.19. The van der Waals surface area contributed by atoms with E-state index in [1.807, 2.05) is 0 Å². The summed E-state index contributed by atoms with van der Waals surface area (Å²) < 4.78 is 31.7. The van der Waals surface area contributed by atoms with E-state index in [9.17, 15) is 13.5 Å². The predicted molar refractivity (Wildman–Crippen MR) is 74.9 cm³/mol. The van der Waals surface area contributed by atoms with Crippen LogP contribution in [0, 0.1) is 0 Å². The van der Waals surface area contributed by atoms with Crippen molar-refractivity contribution in [2.24, 2.45) is 5.73 Å². The minimum atomic E-state index is -3.76. The molecule has 1 aliphatic rings. The first-order valence-corrected chi connectivity index (χ1v) is 8.01. The first kappa shape index (κ1) is 15.7. The van der Waals surface area contributed by atoms with Gasteiger partial charge in [-0.25, -0.2) is 8.42 Å². The highest BCUT2D eigenvalue weighted by molar-refractivity contribution is 7.89. The number of aliphatic hydroxyl groups excluding tert-OH is 1. The van der Waals surface area contributed by atoms with Crippen LogP contribution < -0.4 is 5.73 Å². The fourth-order valence-corrected chi connectivity index (χ4v) is 4.24. The standard InChI is InChI=1S/C12H17ClN2O4S/c13-11-5-9(6-14)1-2-12(11)20(17,18)15-3-4-19-8-10(15)7-16/h1-2,5,10,16H,3-4,6-8,14H2. The molecule has 2 rings (SSSR count). The van der Waals surface area contributed by atoms with Crippen molar-refractivity contribution in [3.63, 3.8) is 0 Å². The van der Waals surface area contributed by atoms with E-state index in [-0.39, 0.29) is 36.2 Å². The highest BCUT2D eigenvalue weighted by Crippen LogP contribution is 2.27. The van der Waals surface area contributed by atoms with Crippen molar-refractivity contribution in [2.45, 2.75) is 17.5 Å². The molecule has 1 aromatic rings. The van der Waals surface area contributed by atoms with Crippen LogP contribution in [0.1, 0.15) is 5.56 Å². The van der Waals surface area contributed by atoms with E-state index in [0.717, 1.165) is 5.56 Å². The molecule has 1 fully saturated rings. The molecule has 1 saturated heterocycles. The van der Waals surface area contributed by atoms with E-state index >= 15 is 0 Å². The maximum Gasteiger partial charge on any atom is 0.245 e. The van der Waals surface area contributed by atoms with Crippen molar-refractivity contribution >= 4 is 21.6 Å². The number of benzene rings is 1. The topological polar surface area (TPSA) is 92.9 Å². The molecule has 0 saturated carbocycles. The van der Waals surface area contributed by atoms with Gasteiger partial charge in [0, 0.05) is 13.1 Å². The van der Waals surface area contributed by atoms with Crippen molar-refractivity contribution in [3.05, 3.63) is 28.8 Å². The summed E-state index contributed by atoms with van der Waals surface area (Å²) in [6.07, 6.45) is 0. The van der Waals surface area contributed by atoms with E-state index < -0.39 is 16.1 Å². The summed E-state index contributed by atoms with van der Waals surface area (Å²) in [5.74, 6) is 0. The molecule has 3 N–H and O–H groups in total. The molecule has 0 spiro atoms. The molecule has 112 valence electrons. The van der Waals surface area contributed by atoms with Gasteiger partial charge in [0.2, 0.25) is 10.0 Å². The van der Waals surface area contributed by atoms with Crippen molar-refractivity contribution in [3.8, 4) is 0 Å². The van der Waals surface area contributed by atoms with Crippen LogP contribution in [-0.4, -0.2) is 50.2 Å². The molecule has 0 aromatic heterocycles. The van der Waals surface area contributed by atoms with Gasteiger partial charge in [-0.1, -0.05) is 17.7 Å². The van der Waals surface area contributed by atoms with Crippen LogP contribution in [-0.2, 0) is 21.3 Å². The number of nitrogens with zero attached hydrogens (tertiary/aromatic N) is 1. The normalized spacial score (nSPS) is 21.1. The summed E-state index contributed by atoms with van der Waals surface area (Å²) in [6.45, 7) is 0.666. The molecule has 0 aliphatic carbocycles. The van der Waals surface area contributed by atoms with Crippen molar-refractivity contribution in [1.82, 2.24) is 4.31 Å². The van der Waals surface area contributed by atoms with Gasteiger partial charge in [0.15, 0.2) is 0 Å². The van der Waals surface area contributed by atoms with Crippen molar-refractivity contribution in [2.75, 3.05) is 26.4 Å². The number of hydrogen-bond acceptors (Lipinski definition) is 5. The first-order chi connectivity index (χ1) is 9.50. The van der Waals surface area contributed by atoms with E-state index in [1.54, 1.807) is 12.1 Å². The van der Waals surface area contributed by atoms with Gasteiger partial charge in [0.05, 0.1) is 30.9 Å². The molecule has 8 heteroatoms. The Balaban J connectivity index is 2.38. The lowest BCUT2D eigenvalue weighted by molar-refractivity contribution is 0.0109. The minimum absolute atomic E-state index is 0.0247. The Labute approximate surface area is 123 Å². The molecule has 1 unspecified atom stereocenters. The van der Waals surface area contributed by atoms with Gasteiger partial charge in [-0.05, 0) is 17.7 Å². The van der Waals surface area contributed by atoms with Gasteiger partial charge in [0.1, 0.15) is 4.90 Å². The minimum Gasteiger partial charge on any atom is -0.395 e. The Hall–Kier alpha value is -0.700. The quantitative estimate of drug-likeness (QED) is 0.825. The van der Waals surface area contributed by atoms with Gasteiger partial charge in [0.25, 0.3) is 0 Å². The molecule has 0 radical (unpaired) electrons. The van der Waals surface area contributed by atoms with Crippen molar-refractivity contribution < 1.29 is 18.3 Å². The number of ether oxygens (including phenoxy) is 1. The van der Waals surface area contributed by atoms with Crippen LogP contribution >= 0.6 is 11.6 Å². The zero-order chi connectivity index (χ0) is 14.8. The molecule has 0 amide bonds. The number of morpholine rings is 1. The Bertz CT molecular complexity index is 579. The molecule has 1 atom stereocenters. The molecule has 1 aromatic carbocycles. The molecule has 20 heavy (non-hydrogen) atoms.